The van der Waals surface area contributed by atoms with Gasteiger partial charge in [-0.25, -0.2) is 4.79 Å². The summed E-state index contributed by atoms with van der Waals surface area (Å²) in [5.74, 6) is -0.907. The largest absolute Gasteiger partial charge is 0.478 e. The van der Waals surface area contributed by atoms with Gasteiger partial charge in [0.25, 0.3) is 0 Å². The number of hydrogen-bond acceptors (Lipinski definition) is 2. The average molecular weight is 277 g/mol. The molecule has 0 atom stereocenters. The third-order valence-electron chi connectivity index (χ3n) is 1.48. The van der Waals surface area contributed by atoms with Crippen LogP contribution in [0.2, 0.25) is 0 Å². The first-order chi connectivity index (χ1) is 5.65. The van der Waals surface area contributed by atoms with Crippen LogP contribution in [-0.4, -0.2) is 18.1 Å². The van der Waals surface area contributed by atoms with E-state index in [1.165, 1.54) is 0 Å². The molecule has 64 valence electrons. The molecule has 1 aromatic rings. The topological polar surface area (TPSA) is 49.3 Å². The van der Waals surface area contributed by atoms with Crippen LogP contribution >= 0.6 is 22.6 Å². The molecule has 0 aliphatic heterocycles. The van der Waals surface area contributed by atoms with Crippen LogP contribution in [-0.2, 0) is 0 Å². The van der Waals surface area contributed by atoms with Crippen molar-refractivity contribution in [1.82, 2.24) is 0 Å². The van der Waals surface area contributed by atoms with Crippen molar-refractivity contribution in [2.24, 2.45) is 0 Å². The second-order valence-corrected chi connectivity index (χ2v) is 3.49. The number of hydrogen-bond donors (Lipinski definition) is 2. The molecule has 0 fully saturated rings. The van der Waals surface area contributed by atoms with E-state index in [1.54, 1.807) is 25.2 Å². The minimum atomic E-state index is -0.907. The van der Waals surface area contributed by atoms with Crippen molar-refractivity contribution in [3.8, 4) is 0 Å². The van der Waals surface area contributed by atoms with Crippen molar-refractivity contribution in [2.75, 3.05) is 12.4 Å². The van der Waals surface area contributed by atoms with Crippen LogP contribution in [0.5, 0.6) is 0 Å². The number of aromatic carboxylic acids is 1. The van der Waals surface area contributed by atoms with Crippen molar-refractivity contribution in [3.63, 3.8) is 0 Å². The van der Waals surface area contributed by atoms with Crippen LogP contribution in [0.4, 0.5) is 5.69 Å². The summed E-state index contributed by atoms with van der Waals surface area (Å²) in [6.07, 6.45) is 0. The summed E-state index contributed by atoms with van der Waals surface area (Å²) in [7, 11) is 1.71. The van der Waals surface area contributed by atoms with E-state index in [9.17, 15) is 4.79 Å². The van der Waals surface area contributed by atoms with Crippen LogP contribution < -0.4 is 5.32 Å². The van der Waals surface area contributed by atoms with E-state index in [2.05, 4.69) is 27.9 Å². The predicted molar refractivity (Wildman–Crippen MR) is 55.7 cm³/mol. The van der Waals surface area contributed by atoms with E-state index in [-0.39, 0.29) is 0 Å². The smallest absolute Gasteiger partial charge is 0.337 e. The Morgan fingerprint density at radius 2 is 2.25 bits per heavy atom. The molecular formula is C8H8INO2. The number of nitrogens with one attached hydrogen (secondary N) is 1. The molecule has 0 aromatic heterocycles. The van der Waals surface area contributed by atoms with Crippen LogP contribution in [0.3, 0.4) is 0 Å². The maximum atomic E-state index is 10.6. The summed E-state index contributed by atoms with van der Waals surface area (Å²) in [5, 5.41) is 11.6. The van der Waals surface area contributed by atoms with Gasteiger partial charge < -0.3 is 10.4 Å². The summed E-state index contributed by atoms with van der Waals surface area (Å²) in [6, 6.07) is 5.16. The average Bonchev–Trinajstić information content (AvgIpc) is 2.03. The Morgan fingerprint density at radius 1 is 1.58 bits per heavy atom. The number of carboxylic acids is 1. The lowest BCUT2D eigenvalue weighted by atomic mass is 10.2. The fourth-order valence-corrected chi connectivity index (χ4v) is 1.40. The van der Waals surface area contributed by atoms with Gasteiger partial charge in [-0.1, -0.05) is 0 Å². The highest BCUT2D eigenvalue weighted by Crippen LogP contribution is 2.18. The van der Waals surface area contributed by atoms with Gasteiger partial charge in [0.2, 0.25) is 0 Å². The molecule has 0 aliphatic carbocycles. The number of anilines is 1. The molecule has 0 unspecified atom stereocenters. The number of halogens is 1. The minimum absolute atomic E-state index is 0.304. The third-order valence-corrected chi connectivity index (χ3v) is 2.15. The number of benzene rings is 1. The molecule has 2 N–H and O–H groups in total. The van der Waals surface area contributed by atoms with Gasteiger partial charge in [0.15, 0.2) is 0 Å². The summed E-state index contributed by atoms with van der Waals surface area (Å²) in [4.78, 5) is 10.6. The quantitative estimate of drug-likeness (QED) is 0.813. The molecular weight excluding hydrogens is 269 g/mol. The molecule has 0 saturated heterocycles. The summed E-state index contributed by atoms with van der Waals surface area (Å²) in [5.41, 5.74) is 0.951. The number of carbonyl (C=O) groups is 1. The highest BCUT2D eigenvalue weighted by molar-refractivity contribution is 14.1. The van der Waals surface area contributed by atoms with Crippen LogP contribution in [0.1, 0.15) is 10.4 Å². The van der Waals surface area contributed by atoms with Crippen molar-refractivity contribution < 1.29 is 9.90 Å². The van der Waals surface area contributed by atoms with Gasteiger partial charge in [-0.2, -0.15) is 0 Å². The zero-order chi connectivity index (χ0) is 9.14. The lowest BCUT2D eigenvalue weighted by Crippen LogP contribution is -2.02. The van der Waals surface area contributed by atoms with E-state index in [1.807, 2.05) is 0 Å². The van der Waals surface area contributed by atoms with Crippen LogP contribution in [0.25, 0.3) is 0 Å². The summed E-state index contributed by atoms with van der Waals surface area (Å²) in [6.45, 7) is 0. The Labute approximate surface area is 83.9 Å². The molecule has 0 saturated carbocycles. The van der Waals surface area contributed by atoms with Gasteiger partial charge in [0, 0.05) is 16.3 Å². The highest BCUT2D eigenvalue weighted by atomic mass is 127. The molecule has 0 heterocycles. The molecule has 0 bridgehead atoms. The lowest BCUT2D eigenvalue weighted by molar-refractivity contribution is 0.0698. The van der Waals surface area contributed by atoms with E-state index >= 15 is 0 Å². The molecule has 0 aliphatic rings. The Hall–Kier alpha value is -0.780. The number of carboxylic acid groups (broad SMARTS) is 1. The van der Waals surface area contributed by atoms with Crippen LogP contribution in [0, 0.1) is 3.57 Å². The monoisotopic (exact) mass is 277 g/mol. The zero-order valence-corrected chi connectivity index (χ0v) is 8.62. The fraction of sp³-hybridized carbons (Fsp3) is 0.125. The van der Waals surface area contributed by atoms with Crippen molar-refractivity contribution in [3.05, 3.63) is 27.3 Å². The second kappa shape index (κ2) is 3.75. The van der Waals surface area contributed by atoms with Crippen molar-refractivity contribution >= 4 is 34.2 Å². The molecule has 12 heavy (non-hydrogen) atoms. The SMILES string of the molecule is CNc1cc(I)ccc1C(=O)O. The van der Waals surface area contributed by atoms with Gasteiger partial charge in [0.1, 0.15) is 0 Å². The van der Waals surface area contributed by atoms with Gasteiger partial charge in [-0.05, 0) is 40.8 Å². The first kappa shape index (κ1) is 9.31. The molecule has 0 amide bonds. The summed E-state index contributed by atoms with van der Waals surface area (Å²) < 4.78 is 1.02. The standard InChI is InChI=1S/C8H8INO2/c1-10-7-4-5(9)2-3-6(7)8(11)12/h2-4,10H,1H3,(H,11,12). The highest BCUT2D eigenvalue weighted by Gasteiger charge is 2.07. The molecule has 0 radical (unpaired) electrons. The van der Waals surface area contributed by atoms with Crippen molar-refractivity contribution in [2.45, 2.75) is 0 Å². The van der Waals surface area contributed by atoms with Crippen molar-refractivity contribution in [1.29, 1.82) is 0 Å². The maximum absolute atomic E-state index is 10.6. The Morgan fingerprint density at radius 3 is 2.75 bits per heavy atom. The fourth-order valence-electron chi connectivity index (χ4n) is 0.910. The normalized spacial score (nSPS) is 9.50. The van der Waals surface area contributed by atoms with E-state index in [0.717, 1.165) is 3.57 Å². The van der Waals surface area contributed by atoms with Gasteiger partial charge in [-0.15, -0.1) is 0 Å². The molecule has 4 heteroatoms. The predicted octanol–water partition coefficient (Wildman–Crippen LogP) is 2.03. The second-order valence-electron chi connectivity index (χ2n) is 2.25. The van der Waals surface area contributed by atoms with E-state index in [0.29, 0.717) is 11.3 Å². The Kier molecular flexibility index (Phi) is 2.91. The maximum Gasteiger partial charge on any atom is 0.337 e. The van der Waals surface area contributed by atoms with E-state index in [4.69, 9.17) is 5.11 Å². The molecule has 3 nitrogen and oxygen atoms in total. The van der Waals surface area contributed by atoms with Gasteiger partial charge in [0.05, 0.1) is 5.56 Å². The summed E-state index contributed by atoms with van der Waals surface area (Å²) >= 11 is 2.14. The third kappa shape index (κ3) is 1.88. The van der Waals surface area contributed by atoms with E-state index < -0.39 is 5.97 Å². The first-order valence-electron chi connectivity index (χ1n) is 3.35. The molecule has 1 rings (SSSR count). The van der Waals surface area contributed by atoms with Crippen LogP contribution in [0.15, 0.2) is 18.2 Å². The Balaban J connectivity index is 3.20. The molecule has 1 aromatic carbocycles. The lowest BCUT2D eigenvalue weighted by Gasteiger charge is -2.04. The zero-order valence-electron chi connectivity index (χ0n) is 6.47. The molecule has 0 spiro atoms. The Bertz CT molecular complexity index is 312. The van der Waals surface area contributed by atoms with Gasteiger partial charge in [-0.3, -0.25) is 0 Å². The minimum Gasteiger partial charge on any atom is -0.478 e. The number of rotatable bonds is 2. The van der Waals surface area contributed by atoms with Gasteiger partial charge >= 0.3 is 5.97 Å². The first-order valence-corrected chi connectivity index (χ1v) is 4.43.